The largest absolute Gasteiger partial charge is 0.503 e. The normalized spacial score (nSPS) is 16.4. The fraction of sp³-hybridized carbons (Fsp3) is 0.516. The van der Waals surface area contributed by atoms with Crippen LogP contribution >= 0.6 is 11.6 Å². The predicted octanol–water partition coefficient (Wildman–Crippen LogP) is 6.55. The van der Waals surface area contributed by atoms with Gasteiger partial charge in [-0.3, -0.25) is 19.4 Å². The van der Waals surface area contributed by atoms with Crippen LogP contribution in [0.25, 0.3) is 0 Å². The first-order valence-electron chi connectivity index (χ1n) is 14.1. The van der Waals surface area contributed by atoms with Gasteiger partial charge in [-0.1, -0.05) is 49.1 Å². The Bertz CT molecular complexity index is 1180. The number of hydrogen-bond donors (Lipinski definition) is 2. The second-order valence-electron chi connectivity index (χ2n) is 10.7. The van der Waals surface area contributed by atoms with Crippen molar-refractivity contribution in [1.29, 1.82) is 0 Å². The Balaban J connectivity index is 0.00000108. The van der Waals surface area contributed by atoms with Gasteiger partial charge in [0, 0.05) is 37.0 Å². The van der Waals surface area contributed by atoms with E-state index in [1.165, 1.54) is 42.6 Å². The Morgan fingerprint density at radius 1 is 1.05 bits per heavy atom. The number of likely N-dealkylation sites (tertiary alicyclic amines) is 1. The van der Waals surface area contributed by atoms with Crippen molar-refractivity contribution in [3.63, 3.8) is 0 Å². The van der Waals surface area contributed by atoms with Gasteiger partial charge in [-0.15, -0.1) is 0 Å². The van der Waals surface area contributed by atoms with E-state index in [4.69, 9.17) is 36.1 Å². The van der Waals surface area contributed by atoms with Crippen molar-refractivity contribution in [1.82, 2.24) is 9.80 Å². The zero-order chi connectivity index (χ0) is 29.9. The summed E-state index contributed by atoms with van der Waals surface area (Å²) in [5.41, 5.74) is 3.53. The summed E-state index contributed by atoms with van der Waals surface area (Å²) in [5.74, 6) is 1.73. The maximum absolute atomic E-state index is 11.8. The fourth-order valence-electron chi connectivity index (χ4n) is 5.48. The van der Waals surface area contributed by atoms with Gasteiger partial charge >= 0.3 is 6.16 Å². The molecule has 9 nitrogen and oxygen atoms in total. The monoisotopic (exact) mass is 588 g/mol. The molecule has 1 aliphatic heterocycles. The molecule has 2 aromatic carbocycles. The molecule has 0 aromatic heterocycles. The summed E-state index contributed by atoms with van der Waals surface area (Å²) in [7, 11) is 1.64. The van der Waals surface area contributed by atoms with Crippen molar-refractivity contribution in [3.05, 3.63) is 58.1 Å². The number of benzene rings is 2. The van der Waals surface area contributed by atoms with Gasteiger partial charge in [-0.05, 0) is 67.5 Å². The molecule has 10 heteroatoms. The van der Waals surface area contributed by atoms with Crippen LogP contribution in [0.1, 0.15) is 74.6 Å². The van der Waals surface area contributed by atoms with Gasteiger partial charge < -0.3 is 19.7 Å². The molecule has 224 valence electrons. The molecule has 2 amide bonds. The Hall–Kier alpha value is -3.30. The third kappa shape index (κ3) is 9.64. The van der Waals surface area contributed by atoms with Crippen LogP contribution in [0.3, 0.4) is 0 Å². The lowest BCUT2D eigenvalue weighted by Crippen LogP contribution is -2.33. The number of hydrogen-bond acceptors (Lipinski definition) is 6. The van der Waals surface area contributed by atoms with Crippen LogP contribution in [-0.2, 0) is 16.1 Å². The number of imide groups is 1. The van der Waals surface area contributed by atoms with Crippen LogP contribution in [-0.4, -0.2) is 64.8 Å². The molecule has 2 fully saturated rings. The zero-order valence-electron chi connectivity index (χ0n) is 24.1. The predicted molar refractivity (Wildman–Crippen MR) is 157 cm³/mol. The first-order chi connectivity index (χ1) is 19.6. The molecule has 1 saturated heterocycles. The molecule has 2 aliphatic rings. The molecular weight excluding hydrogens is 548 g/mol. The highest BCUT2D eigenvalue weighted by atomic mass is 35.5. The number of aryl methyl sites for hydroxylation is 1. The smallest absolute Gasteiger partial charge is 0.493 e. The molecule has 0 radical (unpaired) electrons. The second kappa shape index (κ2) is 15.6. The summed E-state index contributed by atoms with van der Waals surface area (Å²) in [6, 6.07) is 12.6. The minimum atomic E-state index is -1.83. The molecule has 1 saturated carbocycles. The number of methoxy groups -OCH3 is 1. The molecule has 0 spiro atoms. The number of nitrogens with zero attached hydrogens (tertiary/aromatic N) is 2. The summed E-state index contributed by atoms with van der Waals surface area (Å²) < 4.78 is 11.6. The van der Waals surface area contributed by atoms with Crippen molar-refractivity contribution in [3.8, 4) is 11.5 Å². The molecule has 2 aromatic rings. The average Bonchev–Trinajstić information content (AvgIpc) is 3.27. The Labute approximate surface area is 247 Å². The number of halogens is 1. The summed E-state index contributed by atoms with van der Waals surface area (Å²) in [6.07, 6.45) is 5.33. The van der Waals surface area contributed by atoms with E-state index in [-0.39, 0.29) is 31.0 Å². The van der Waals surface area contributed by atoms with Crippen LogP contribution < -0.4 is 9.47 Å². The van der Waals surface area contributed by atoms with Crippen LogP contribution in [0.2, 0.25) is 5.02 Å². The number of ether oxygens (including phenoxy) is 2. The van der Waals surface area contributed by atoms with E-state index in [0.29, 0.717) is 30.3 Å². The molecule has 41 heavy (non-hydrogen) atoms. The molecular formula is C31H41ClN2O7. The quantitative estimate of drug-likeness (QED) is 0.284. The Morgan fingerprint density at radius 2 is 1.71 bits per heavy atom. The van der Waals surface area contributed by atoms with Crippen molar-refractivity contribution >= 4 is 29.6 Å². The highest BCUT2D eigenvalue weighted by Crippen LogP contribution is 2.33. The van der Waals surface area contributed by atoms with Gasteiger partial charge in [0.25, 0.3) is 0 Å². The van der Waals surface area contributed by atoms with E-state index in [0.717, 1.165) is 29.2 Å². The molecule has 1 heterocycles. The van der Waals surface area contributed by atoms with Gasteiger partial charge in [0.15, 0.2) is 11.5 Å². The van der Waals surface area contributed by atoms with Crippen LogP contribution in [0, 0.1) is 12.8 Å². The zero-order valence-corrected chi connectivity index (χ0v) is 24.9. The molecule has 2 N–H and O–H groups in total. The van der Waals surface area contributed by atoms with Crippen LogP contribution in [0.15, 0.2) is 36.4 Å². The molecule has 0 unspecified atom stereocenters. The summed E-state index contributed by atoms with van der Waals surface area (Å²) >= 11 is 6.31. The highest BCUT2D eigenvalue weighted by Gasteiger charge is 2.28. The van der Waals surface area contributed by atoms with Gasteiger partial charge in [0.2, 0.25) is 11.8 Å². The van der Waals surface area contributed by atoms with E-state index < -0.39 is 6.16 Å². The second-order valence-corrected chi connectivity index (χ2v) is 11.1. The van der Waals surface area contributed by atoms with Crippen LogP contribution in [0.4, 0.5) is 4.79 Å². The molecule has 0 bridgehead atoms. The van der Waals surface area contributed by atoms with E-state index >= 15 is 0 Å². The lowest BCUT2D eigenvalue weighted by atomic mass is 9.88. The van der Waals surface area contributed by atoms with Crippen LogP contribution in [0.5, 0.6) is 11.5 Å². The standard InChI is InChI=1S/C30H39ClN2O4.CH2O3/c1-21-17-25(10-11-26(21)31)22(2)32(19-23-7-5-4-6-8-23)20-24-9-12-27(28(18-24)36-3)37-16-15-33-29(34)13-14-30(33)35;2-1(3)4/h9-12,17-18,22-23H,4-8,13-16,19-20H2,1-3H3;(H2,2,3,4)/t22-;/m1./s1. The number of carbonyl (C=O) groups is 3. The summed E-state index contributed by atoms with van der Waals surface area (Å²) in [5, 5.41) is 14.7. The first kappa shape index (κ1) is 32.2. The lowest BCUT2D eigenvalue weighted by Gasteiger charge is -2.34. The summed E-state index contributed by atoms with van der Waals surface area (Å²) in [4.78, 5) is 36.1. The van der Waals surface area contributed by atoms with Crippen molar-refractivity contribution in [2.24, 2.45) is 5.92 Å². The average molecular weight is 589 g/mol. The maximum atomic E-state index is 11.8. The minimum absolute atomic E-state index is 0.126. The van der Waals surface area contributed by atoms with Gasteiger partial charge in [-0.25, -0.2) is 4.79 Å². The Morgan fingerprint density at radius 3 is 2.32 bits per heavy atom. The topological polar surface area (TPSA) is 117 Å². The number of rotatable bonds is 11. The molecule has 1 atom stereocenters. The SMILES string of the molecule is COc1cc(CN(CC2CCCCC2)[C@H](C)c2ccc(Cl)c(C)c2)ccc1OCCN1C(=O)CCC1=O.O=C(O)O. The number of carboxylic acid groups (broad SMARTS) is 2. The van der Waals surface area contributed by atoms with Gasteiger partial charge in [-0.2, -0.15) is 0 Å². The molecule has 1 aliphatic carbocycles. The third-order valence-electron chi connectivity index (χ3n) is 7.77. The van der Waals surface area contributed by atoms with E-state index in [9.17, 15) is 9.59 Å². The minimum Gasteiger partial charge on any atom is -0.493 e. The number of carbonyl (C=O) groups excluding carboxylic acids is 2. The fourth-order valence-corrected chi connectivity index (χ4v) is 5.60. The van der Waals surface area contributed by atoms with Crippen molar-refractivity contribution in [2.75, 3.05) is 26.8 Å². The van der Waals surface area contributed by atoms with E-state index in [1.807, 2.05) is 18.2 Å². The number of amides is 2. The highest BCUT2D eigenvalue weighted by molar-refractivity contribution is 6.31. The molecule has 4 rings (SSSR count). The van der Waals surface area contributed by atoms with Gasteiger partial charge in [0.05, 0.1) is 13.7 Å². The third-order valence-corrected chi connectivity index (χ3v) is 8.19. The van der Waals surface area contributed by atoms with E-state index in [1.54, 1.807) is 7.11 Å². The van der Waals surface area contributed by atoms with Crippen molar-refractivity contribution < 1.29 is 34.1 Å². The summed E-state index contributed by atoms with van der Waals surface area (Å²) in [6.45, 7) is 6.70. The van der Waals surface area contributed by atoms with Gasteiger partial charge in [0.1, 0.15) is 6.61 Å². The maximum Gasteiger partial charge on any atom is 0.503 e. The van der Waals surface area contributed by atoms with E-state index in [2.05, 4.69) is 36.9 Å². The first-order valence-corrected chi connectivity index (χ1v) is 14.5. The van der Waals surface area contributed by atoms with Crippen molar-refractivity contribution in [2.45, 2.75) is 71.4 Å². The Kier molecular flexibility index (Phi) is 12.3. The lowest BCUT2D eigenvalue weighted by molar-refractivity contribution is -0.138.